The summed E-state index contributed by atoms with van der Waals surface area (Å²) in [5, 5.41) is 20.1. The molecule has 0 aliphatic heterocycles. The molecule has 1 atom stereocenters. The van der Waals surface area contributed by atoms with Gasteiger partial charge in [0.05, 0.1) is 6.07 Å². The number of hydrogen-bond donors (Lipinski definition) is 1. The van der Waals surface area contributed by atoms with Gasteiger partial charge in [0.2, 0.25) is 5.54 Å². The van der Waals surface area contributed by atoms with E-state index < -0.39 is 11.5 Å². The number of nitriles is 1. The molecule has 0 saturated carbocycles. The summed E-state index contributed by atoms with van der Waals surface area (Å²) in [4.78, 5) is 13.8. The van der Waals surface area contributed by atoms with Gasteiger partial charge in [-0.05, 0) is 24.9 Å². The molecule has 0 radical (unpaired) electrons. The predicted molar refractivity (Wildman–Crippen MR) is 62.1 cm³/mol. The summed E-state index contributed by atoms with van der Waals surface area (Å²) in [5.74, 6) is -1.10. The quantitative estimate of drug-likeness (QED) is 0.851. The zero-order valence-electron chi connectivity index (χ0n) is 9.30. The van der Waals surface area contributed by atoms with Crippen LogP contribution in [-0.2, 0) is 11.3 Å². The Morgan fingerprint density at radius 3 is 2.81 bits per heavy atom. The minimum atomic E-state index is -1.46. The second kappa shape index (κ2) is 5.10. The molecule has 4 nitrogen and oxygen atoms in total. The van der Waals surface area contributed by atoms with Crippen LogP contribution in [0, 0.1) is 11.3 Å². The molecule has 86 valence electrons. The van der Waals surface area contributed by atoms with Crippen molar-refractivity contribution in [2.45, 2.75) is 25.9 Å². The maximum atomic E-state index is 11.1. The highest BCUT2D eigenvalue weighted by Gasteiger charge is 2.39. The fourth-order valence-electron chi connectivity index (χ4n) is 1.43. The van der Waals surface area contributed by atoms with Gasteiger partial charge in [-0.15, -0.1) is 11.3 Å². The largest absolute Gasteiger partial charge is 0.479 e. The number of carboxylic acid groups (broad SMARTS) is 1. The molecular formula is C11H14N2O2S. The third-order valence-corrected chi connectivity index (χ3v) is 3.44. The number of hydrogen-bond acceptors (Lipinski definition) is 4. The third kappa shape index (κ3) is 2.40. The Labute approximate surface area is 98.7 Å². The molecule has 5 heteroatoms. The Bertz CT molecular complexity index is 397. The Hall–Kier alpha value is -1.38. The van der Waals surface area contributed by atoms with E-state index in [9.17, 15) is 4.79 Å². The minimum absolute atomic E-state index is 0.491. The summed E-state index contributed by atoms with van der Waals surface area (Å²) in [6.07, 6.45) is 0. The molecule has 1 aromatic rings. The number of carboxylic acids is 1. The molecule has 0 fully saturated rings. The number of thiophene rings is 1. The second-order valence-electron chi connectivity index (χ2n) is 3.58. The van der Waals surface area contributed by atoms with Crippen molar-refractivity contribution in [2.75, 3.05) is 6.54 Å². The second-order valence-corrected chi connectivity index (χ2v) is 4.61. The molecule has 16 heavy (non-hydrogen) atoms. The van der Waals surface area contributed by atoms with Crippen molar-refractivity contribution in [2.24, 2.45) is 0 Å². The third-order valence-electron chi connectivity index (χ3n) is 2.58. The Morgan fingerprint density at radius 2 is 2.44 bits per heavy atom. The standard InChI is InChI=1S/C11H14N2O2S/c1-3-13(7-9-5-4-6-16-9)11(2,8-12)10(14)15/h4-6H,3,7H2,1-2H3,(H,14,15). The SMILES string of the molecule is CCN(Cc1cccs1)C(C)(C#N)C(=O)O. The molecule has 1 heterocycles. The number of likely N-dealkylation sites (N-methyl/N-ethyl adjacent to an activating group) is 1. The van der Waals surface area contributed by atoms with Crippen LogP contribution in [0.2, 0.25) is 0 Å². The molecule has 1 rings (SSSR count). The Morgan fingerprint density at radius 1 is 1.75 bits per heavy atom. The van der Waals surface area contributed by atoms with Gasteiger partial charge in [0, 0.05) is 11.4 Å². The average molecular weight is 238 g/mol. The number of aliphatic carboxylic acids is 1. The van der Waals surface area contributed by atoms with Crippen LogP contribution in [0.15, 0.2) is 17.5 Å². The van der Waals surface area contributed by atoms with Gasteiger partial charge in [-0.1, -0.05) is 13.0 Å². The van der Waals surface area contributed by atoms with E-state index in [4.69, 9.17) is 10.4 Å². The van der Waals surface area contributed by atoms with E-state index >= 15 is 0 Å². The van der Waals surface area contributed by atoms with Crippen LogP contribution in [0.1, 0.15) is 18.7 Å². The first kappa shape index (κ1) is 12.7. The molecule has 0 spiro atoms. The first-order chi connectivity index (χ1) is 7.54. The van der Waals surface area contributed by atoms with Crippen molar-refractivity contribution >= 4 is 17.3 Å². The summed E-state index contributed by atoms with van der Waals surface area (Å²) in [6, 6.07) is 5.72. The maximum Gasteiger partial charge on any atom is 0.338 e. The van der Waals surface area contributed by atoms with E-state index in [-0.39, 0.29) is 0 Å². The van der Waals surface area contributed by atoms with Crippen LogP contribution < -0.4 is 0 Å². The van der Waals surface area contributed by atoms with Gasteiger partial charge < -0.3 is 5.11 Å². The van der Waals surface area contributed by atoms with E-state index in [2.05, 4.69) is 0 Å². The van der Waals surface area contributed by atoms with E-state index in [1.165, 1.54) is 6.92 Å². The van der Waals surface area contributed by atoms with Crippen molar-refractivity contribution in [1.29, 1.82) is 5.26 Å². The summed E-state index contributed by atoms with van der Waals surface area (Å²) >= 11 is 1.56. The molecule has 1 N–H and O–H groups in total. The fraction of sp³-hybridized carbons (Fsp3) is 0.455. The highest BCUT2D eigenvalue weighted by atomic mass is 32.1. The molecular weight excluding hydrogens is 224 g/mol. The smallest absolute Gasteiger partial charge is 0.338 e. The summed E-state index contributed by atoms with van der Waals surface area (Å²) in [6.45, 7) is 4.30. The van der Waals surface area contributed by atoms with Crippen molar-refractivity contribution in [3.8, 4) is 6.07 Å². The van der Waals surface area contributed by atoms with Crippen LogP contribution in [-0.4, -0.2) is 28.1 Å². The topological polar surface area (TPSA) is 64.3 Å². The van der Waals surface area contributed by atoms with Crippen LogP contribution in [0.25, 0.3) is 0 Å². The average Bonchev–Trinajstić information content (AvgIpc) is 2.77. The van der Waals surface area contributed by atoms with Crippen molar-refractivity contribution in [3.63, 3.8) is 0 Å². The Balaban J connectivity index is 2.89. The lowest BCUT2D eigenvalue weighted by atomic mass is 10.0. The van der Waals surface area contributed by atoms with E-state index in [1.54, 1.807) is 16.2 Å². The van der Waals surface area contributed by atoms with Gasteiger partial charge in [-0.2, -0.15) is 5.26 Å². The fourth-order valence-corrected chi connectivity index (χ4v) is 2.15. The summed E-state index contributed by atoms with van der Waals surface area (Å²) in [5.41, 5.74) is -1.46. The van der Waals surface area contributed by atoms with Crippen LogP contribution >= 0.6 is 11.3 Å². The van der Waals surface area contributed by atoms with Crippen molar-refractivity contribution in [3.05, 3.63) is 22.4 Å². The zero-order chi connectivity index (χ0) is 12.2. The summed E-state index contributed by atoms with van der Waals surface area (Å²) in [7, 11) is 0. The number of rotatable bonds is 5. The lowest BCUT2D eigenvalue weighted by Gasteiger charge is -2.30. The predicted octanol–water partition coefficient (Wildman–Crippen LogP) is 1.94. The number of carbonyl (C=O) groups is 1. The highest BCUT2D eigenvalue weighted by Crippen LogP contribution is 2.20. The van der Waals surface area contributed by atoms with Crippen molar-refractivity contribution in [1.82, 2.24) is 4.90 Å². The van der Waals surface area contributed by atoms with Crippen LogP contribution in [0.3, 0.4) is 0 Å². The molecule has 0 aliphatic carbocycles. The van der Waals surface area contributed by atoms with Crippen LogP contribution in [0.4, 0.5) is 0 Å². The molecule has 0 saturated heterocycles. The molecule has 0 aromatic carbocycles. The van der Waals surface area contributed by atoms with Gasteiger partial charge in [0.15, 0.2) is 0 Å². The van der Waals surface area contributed by atoms with E-state index in [0.29, 0.717) is 13.1 Å². The number of nitrogens with zero attached hydrogens (tertiary/aromatic N) is 2. The maximum absolute atomic E-state index is 11.1. The molecule has 1 unspecified atom stereocenters. The van der Waals surface area contributed by atoms with Gasteiger partial charge in [-0.25, -0.2) is 4.79 Å². The van der Waals surface area contributed by atoms with E-state index in [1.807, 2.05) is 30.5 Å². The normalized spacial score (nSPS) is 14.4. The van der Waals surface area contributed by atoms with Gasteiger partial charge in [0.1, 0.15) is 0 Å². The molecule has 0 aliphatic rings. The van der Waals surface area contributed by atoms with E-state index in [0.717, 1.165) is 4.88 Å². The lowest BCUT2D eigenvalue weighted by Crippen LogP contribution is -2.50. The molecule has 0 bridgehead atoms. The molecule has 1 aromatic heterocycles. The van der Waals surface area contributed by atoms with Gasteiger partial charge >= 0.3 is 5.97 Å². The minimum Gasteiger partial charge on any atom is -0.479 e. The van der Waals surface area contributed by atoms with Crippen molar-refractivity contribution < 1.29 is 9.90 Å². The first-order valence-electron chi connectivity index (χ1n) is 4.96. The van der Waals surface area contributed by atoms with Gasteiger partial charge in [0.25, 0.3) is 0 Å². The Kier molecular flexibility index (Phi) is 4.05. The van der Waals surface area contributed by atoms with Crippen LogP contribution in [0.5, 0.6) is 0 Å². The summed E-state index contributed by atoms with van der Waals surface area (Å²) < 4.78 is 0. The first-order valence-corrected chi connectivity index (χ1v) is 5.84. The van der Waals surface area contributed by atoms with Gasteiger partial charge in [-0.3, -0.25) is 4.90 Å². The lowest BCUT2D eigenvalue weighted by molar-refractivity contribution is -0.147. The zero-order valence-corrected chi connectivity index (χ0v) is 10.1. The highest BCUT2D eigenvalue weighted by molar-refractivity contribution is 7.09. The molecule has 0 amide bonds. The monoisotopic (exact) mass is 238 g/mol.